The van der Waals surface area contributed by atoms with E-state index in [4.69, 9.17) is 16.3 Å². The van der Waals surface area contributed by atoms with Gasteiger partial charge in [0, 0.05) is 5.02 Å². The van der Waals surface area contributed by atoms with Gasteiger partial charge in [-0.3, -0.25) is 9.10 Å². The third kappa shape index (κ3) is 6.06. The third-order valence-electron chi connectivity index (χ3n) is 5.07. The van der Waals surface area contributed by atoms with Crippen LogP contribution in [-0.2, 0) is 14.8 Å². The van der Waals surface area contributed by atoms with Gasteiger partial charge >= 0.3 is 0 Å². The molecule has 1 amide bonds. The Hall–Kier alpha value is -3.03. The lowest BCUT2D eigenvalue weighted by Crippen LogP contribution is -2.42. The molecule has 0 saturated carbocycles. The summed E-state index contributed by atoms with van der Waals surface area (Å²) in [5.41, 5.74) is 1.24. The van der Waals surface area contributed by atoms with Gasteiger partial charge in [-0.15, -0.1) is 0 Å². The number of halogens is 1. The lowest BCUT2D eigenvalue weighted by molar-refractivity contribution is -0.120. The van der Waals surface area contributed by atoms with Crippen LogP contribution in [0.15, 0.2) is 83.8 Å². The molecule has 1 atom stereocenters. The molecule has 0 bridgehead atoms. The van der Waals surface area contributed by atoms with Gasteiger partial charge in [-0.1, -0.05) is 61.0 Å². The fourth-order valence-electron chi connectivity index (χ4n) is 3.45. The largest absolute Gasteiger partial charge is 0.492 e. The fraction of sp³-hybridized carbons (Fsp3) is 0.240. The average molecular weight is 487 g/mol. The van der Waals surface area contributed by atoms with E-state index in [-0.39, 0.29) is 16.6 Å². The zero-order valence-corrected chi connectivity index (χ0v) is 20.1. The highest BCUT2D eigenvalue weighted by Gasteiger charge is 2.30. The average Bonchev–Trinajstić information content (AvgIpc) is 2.82. The Kier molecular flexibility index (Phi) is 8.36. The SMILES string of the molecule is CCOc1ccccc1N(CC(=O)N[C@H](CC)c1ccccc1)S(=O)(=O)c1ccc(Cl)cc1. The summed E-state index contributed by atoms with van der Waals surface area (Å²) in [6, 6.07) is 22.0. The Labute approximate surface area is 200 Å². The van der Waals surface area contributed by atoms with Crippen molar-refractivity contribution in [3.8, 4) is 5.75 Å². The smallest absolute Gasteiger partial charge is 0.264 e. The van der Waals surface area contributed by atoms with E-state index in [1.807, 2.05) is 44.2 Å². The van der Waals surface area contributed by atoms with Crippen LogP contribution < -0.4 is 14.4 Å². The van der Waals surface area contributed by atoms with Gasteiger partial charge in [0.15, 0.2) is 0 Å². The second-order valence-corrected chi connectivity index (χ2v) is 9.60. The summed E-state index contributed by atoms with van der Waals surface area (Å²) in [5, 5.41) is 3.38. The molecule has 8 heteroatoms. The number of para-hydroxylation sites is 2. The van der Waals surface area contributed by atoms with Gasteiger partial charge in [0.25, 0.3) is 10.0 Å². The fourth-order valence-corrected chi connectivity index (χ4v) is 5.01. The summed E-state index contributed by atoms with van der Waals surface area (Å²) in [6.07, 6.45) is 0.662. The molecule has 0 heterocycles. The van der Waals surface area contributed by atoms with E-state index in [1.54, 1.807) is 24.3 Å². The van der Waals surface area contributed by atoms with Crippen molar-refractivity contribution in [2.45, 2.75) is 31.2 Å². The van der Waals surface area contributed by atoms with Crippen molar-refractivity contribution in [2.24, 2.45) is 0 Å². The normalized spacial score (nSPS) is 12.1. The predicted octanol–water partition coefficient (Wildman–Crippen LogP) is 5.20. The monoisotopic (exact) mass is 486 g/mol. The standard InChI is InChI=1S/C25H27ClN2O4S/c1-3-22(19-10-6-5-7-11-19)27-25(29)18-28(23-12-8-9-13-24(23)32-4-2)33(30,31)21-16-14-20(26)15-17-21/h5-17,22H,3-4,18H2,1-2H3,(H,27,29)/t22-/m1/s1. The molecule has 0 spiro atoms. The molecule has 3 aromatic rings. The summed E-state index contributed by atoms with van der Waals surface area (Å²) in [7, 11) is -4.08. The minimum atomic E-state index is -4.08. The molecule has 3 rings (SSSR count). The van der Waals surface area contributed by atoms with Crippen LogP contribution in [-0.4, -0.2) is 27.5 Å². The van der Waals surface area contributed by atoms with Gasteiger partial charge in [0.1, 0.15) is 12.3 Å². The molecule has 3 aromatic carbocycles. The van der Waals surface area contributed by atoms with Crippen molar-refractivity contribution in [2.75, 3.05) is 17.5 Å². The molecule has 0 aliphatic heterocycles. The zero-order chi connectivity index (χ0) is 23.8. The van der Waals surface area contributed by atoms with Crippen molar-refractivity contribution in [1.29, 1.82) is 0 Å². The first-order valence-corrected chi connectivity index (χ1v) is 12.5. The van der Waals surface area contributed by atoms with Gasteiger partial charge in [-0.05, 0) is 55.3 Å². The Bertz CT molecular complexity index is 1170. The summed E-state index contributed by atoms with van der Waals surface area (Å²) >= 11 is 5.95. The topological polar surface area (TPSA) is 75.7 Å². The van der Waals surface area contributed by atoms with Crippen LogP contribution in [0.4, 0.5) is 5.69 Å². The minimum absolute atomic E-state index is 0.0288. The number of benzene rings is 3. The maximum absolute atomic E-state index is 13.6. The molecule has 0 fully saturated rings. The van der Waals surface area contributed by atoms with Crippen molar-refractivity contribution in [1.82, 2.24) is 5.32 Å². The molecule has 0 aliphatic rings. The quantitative estimate of drug-likeness (QED) is 0.427. The van der Waals surface area contributed by atoms with Crippen LogP contribution in [0.1, 0.15) is 31.9 Å². The Morgan fingerprint density at radius 3 is 2.24 bits per heavy atom. The first-order chi connectivity index (χ1) is 15.9. The summed E-state index contributed by atoms with van der Waals surface area (Å²) in [4.78, 5) is 13.1. The lowest BCUT2D eigenvalue weighted by Gasteiger charge is -2.27. The molecule has 0 aliphatic carbocycles. The molecule has 0 radical (unpaired) electrons. The highest BCUT2D eigenvalue weighted by atomic mass is 35.5. The van der Waals surface area contributed by atoms with E-state index in [0.29, 0.717) is 23.8 Å². The van der Waals surface area contributed by atoms with E-state index >= 15 is 0 Å². The van der Waals surface area contributed by atoms with Crippen molar-refractivity contribution in [3.05, 3.63) is 89.4 Å². The van der Waals surface area contributed by atoms with Crippen LogP contribution in [0.3, 0.4) is 0 Å². The summed E-state index contributed by atoms with van der Waals surface area (Å²) in [6.45, 7) is 3.72. The Balaban J connectivity index is 1.97. The number of hydrogen-bond acceptors (Lipinski definition) is 4. The van der Waals surface area contributed by atoms with Crippen LogP contribution in [0.2, 0.25) is 5.02 Å². The number of anilines is 1. The molecule has 174 valence electrons. The number of rotatable bonds is 10. The van der Waals surface area contributed by atoms with Gasteiger partial charge in [-0.25, -0.2) is 8.42 Å². The molecular weight excluding hydrogens is 460 g/mol. The van der Waals surface area contributed by atoms with E-state index in [0.717, 1.165) is 9.87 Å². The molecule has 0 unspecified atom stereocenters. The van der Waals surface area contributed by atoms with Gasteiger partial charge < -0.3 is 10.1 Å². The molecule has 1 N–H and O–H groups in total. The van der Waals surface area contributed by atoms with Crippen molar-refractivity contribution >= 4 is 33.2 Å². The number of nitrogens with zero attached hydrogens (tertiary/aromatic N) is 1. The maximum Gasteiger partial charge on any atom is 0.264 e. The number of hydrogen-bond donors (Lipinski definition) is 1. The van der Waals surface area contributed by atoms with Gasteiger partial charge in [0.05, 0.1) is 23.2 Å². The molecule has 33 heavy (non-hydrogen) atoms. The van der Waals surface area contributed by atoms with Crippen LogP contribution in [0.25, 0.3) is 0 Å². The lowest BCUT2D eigenvalue weighted by atomic mass is 10.0. The first-order valence-electron chi connectivity index (χ1n) is 10.7. The molecule has 6 nitrogen and oxygen atoms in total. The number of sulfonamides is 1. The van der Waals surface area contributed by atoms with Gasteiger partial charge in [-0.2, -0.15) is 0 Å². The molecule has 0 saturated heterocycles. The number of nitrogens with one attached hydrogen (secondary N) is 1. The minimum Gasteiger partial charge on any atom is -0.492 e. The van der Waals surface area contributed by atoms with E-state index < -0.39 is 22.5 Å². The molecular formula is C25H27ClN2O4S. The predicted molar refractivity (Wildman–Crippen MR) is 131 cm³/mol. The number of carbonyl (C=O) groups excluding carboxylic acids is 1. The summed E-state index contributed by atoms with van der Waals surface area (Å²) < 4.78 is 34.0. The number of ether oxygens (including phenoxy) is 1. The zero-order valence-electron chi connectivity index (χ0n) is 18.6. The highest BCUT2D eigenvalue weighted by molar-refractivity contribution is 7.92. The van der Waals surface area contributed by atoms with Crippen molar-refractivity contribution in [3.63, 3.8) is 0 Å². The van der Waals surface area contributed by atoms with Crippen LogP contribution in [0, 0.1) is 0 Å². The van der Waals surface area contributed by atoms with Crippen LogP contribution >= 0.6 is 11.6 Å². The van der Waals surface area contributed by atoms with E-state index in [2.05, 4.69) is 5.32 Å². The first kappa shape index (κ1) is 24.6. The second kappa shape index (κ2) is 11.2. The molecule has 0 aromatic heterocycles. The summed E-state index contributed by atoms with van der Waals surface area (Å²) in [5.74, 6) is -0.0463. The van der Waals surface area contributed by atoms with Crippen LogP contribution in [0.5, 0.6) is 5.75 Å². The number of carbonyl (C=O) groups is 1. The Morgan fingerprint density at radius 2 is 1.61 bits per heavy atom. The number of amides is 1. The van der Waals surface area contributed by atoms with E-state index in [9.17, 15) is 13.2 Å². The Morgan fingerprint density at radius 1 is 0.970 bits per heavy atom. The third-order valence-corrected chi connectivity index (χ3v) is 7.09. The van der Waals surface area contributed by atoms with Crippen molar-refractivity contribution < 1.29 is 17.9 Å². The maximum atomic E-state index is 13.6. The second-order valence-electron chi connectivity index (χ2n) is 7.31. The van der Waals surface area contributed by atoms with E-state index in [1.165, 1.54) is 24.3 Å². The van der Waals surface area contributed by atoms with Gasteiger partial charge in [0.2, 0.25) is 5.91 Å². The highest BCUT2D eigenvalue weighted by Crippen LogP contribution is 2.33.